The van der Waals surface area contributed by atoms with Gasteiger partial charge in [-0.2, -0.15) is 0 Å². The number of nitro groups is 1. The molecule has 0 spiro atoms. The van der Waals surface area contributed by atoms with E-state index in [4.69, 9.17) is 23.2 Å². The number of carbonyl (C=O) groups excluding carboxylic acids is 2. The Labute approximate surface area is 226 Å². The minimum absolute atomic E-state index is 0.0573. The molecule has 202 valence electrons. The highest BCUT2D eigenvalue weighted by Crippen LogP contribution is 2.28. The Morgan fingerprint density at radius 2 is 1.70 bits per heavy atom. The van der Waals surface area contributed by atoms with E-state index in [-0.39, 0.29) is 40.3 Å². The SMILES string of the molecule is CC[C@H](C(=O)NCC(C)C)N(Cc1c(Cl)cccc1Cl)C(=O)CN(c1cccc([N+](=O)[O-])c1)S(C)(=O)=O. The number of nitrogens with zero attached hydrogens (tertiary/aromatic N) is 3. The van der Waals surface area contributed by atoms with Crippen molar-refractivity contribution in [2.75, 3.05) is 23.7 Å². The predicted molar refractivity (Wildman–Crippen MR) is 144 cm³/mol. The van der Waals surface area contributed by atoms with Crippen LogP contribution in [0.15, 0.2) is 42.5 Å². The topological polar surface area (TPSA) is 130 Å². The summed E-state index contributed by atoms with van der Waals surface area (Å²) >= 11 is 12.7. The number of benzene rings is 2. The summed E-state index contributed by atoms with van der Waals surface area (Å²) in [4.78, 5) is 38.6. The summed E-state index contributed by atoms with van der Waals surface area (Å²) in [6, 6.07) is 8.83. The van der Waals surface area contributed by atoms with Gasteiger partial charge < -0.3 is 10.2 Å². The van der Waals surface area contributed by atoms with Crippen LogP contribution in [0.4, 0.5) is 11.4 Å². The van der Waals surface area contributed by atoms with Crippen LogP contribution in [0.3, 0.4) is 0 Å². The molecule has 13 heteroatoms. The van der Waals surface area contributed by atoms with Crippen LogP contribution in [-0.4, -0.2) is 55.4 Å². The second kappa shape index (κ2) is 13.1. The molecular formula is C24H30Cl2N4O6S. The summed E-state index contributed by atoms with van der Waals surface area (Å²) in [5.41, 5.74) is 0.00596. The van der Waals surface area contributed by atoms with Gasteiger partial charge in [-0.05, 0) is 30.5 Å². The minimum atomic E-state index is -4.04. The van der Waals surface area contributed by atoms with Crippen molar-refractivity contribution in [2.24, 2.45) is 5.92 Å². The van der Waals surface area contributed by atoms with Crippen molar-refractivity contribution in [1.82, 2.24) is 10.2 Å². The Bertz CT molecular complexity index is 1240. The highest BCUT2D eigenvalue weighted by atomic mass is 35.5. The van der Waals surface area contributed by atoms with Crippen LogP contribution in [0.5, 0.6) is 0 Å². The van der Waals surface area contributed by atoms with Gasteiger partial charge in [0.15, 0.2) is 0 Å². The zero-order valence-corrected chi connectivity index (χ0v) is 23.3. The molecule has 37 heavy (non-hydrogen) atoms. The maximum Gasteiger partial charge on any atom is 0.271 e. The van der Waals surface area contributed by atoms with E-state index in [1.165, 1.54) is 23.1 Å². The van der Waals surface area contributed by atoms with Crippen LogP contribution in [0.2, 0.25) is 10.0 Å². The van der Waals surface area contributed by atoms with Gasteiger partial charge in [-0.3, -0.25) is 24.0 Å². The minimum Gasteiger partial charge on any atom is -0.354 e. The van der Waals surface area contributed by atoms with Gasteiger partial charge in [0, 0.05) is 40.8 Å². The molecule has 0 bridgehead atoms. The highest BCUT2D eigenvalue weighted by molar-refractivity contribution is 7.92. The molecule has 0 heterocycles. The normalized spacial score (nSPS) is 12.2. The second-order valence-electron chi connectivity index (χ2n) is 8.83. The van der Waals surface area contributed by atoms with Crippen LogP contribution in [0.1, 0.15) is 32.8 Å². The van der Waals surface area contributed by atoms with E-state index in [1.54, 1.807) is 25.1 Å². The van der Waals surface area contributed by atoms with Gasteiger partial charge in [0.25, 0.3) is 5.69 Å². The van der Waals surface area contributed by atoms with Crippen molar-refractivity contribution >= 4 is 56.4 Å². The van der Waals surface area contributed by atoms with E-state index in [0.29, 0.717) is 12.1 Å². The molecule has 0 aliphatic heterocycles. The molecule has 10 nitrogen and oxygen atoms in total. The number of carbonyl (C=O) groups is 2. The van der Waals surface area contributed by atoms with Crippen molar-refractivity contribution in [2.45, 2.75) is 39.8 Å². The second-order valence-corrected chi connectivity index (χ2v) is 11.6. The van der Waals surface area contributed by atoms with Crippen LogP contribution < -0.4 is 9.62 Å². The number of amides is 2. The average Bonchev–Trinajstić information content (AvgIpc) is 2.81. The van der Waals surface area contributed by atoms with E-state index >= 15 is 0 Å². The fourth-order valence-corrected chi connectivity index (χ4v) is 4.93. The lowest BCUT2D eigenvalue weighted by Crippen LogP contribution is -2.52. The molecule has 0 unspecified atom stereocenters. The Balaban J connectivity index is 2.52. The number of halogens is 2. The van der Waals surface area contributed by atoms with Gasteiger partial charge in [-0.1, -0.05) is 56.1 Å². The summed E-state index contributed by atoms with van der Waals surface area (Å²) in [5, 5.41) is 14.6. The molecule has 0 fully saturated rings. The number of hydrogen-bond donors (Lipinski definition) is 1. The zero-order chi connectivity index (χ0) is 27.9. The van der Waals surface area contributed by atoms with Gasteiger partial charge in [-0.15, -0.1) is 0 Å². The van der Waals surface area contributed by atoms with E-state index in [9.17, 15) is 28.1 Å². The third kappa shape index (κ3) is 8.31. The third-order valence-electron chi connectivity index (χ3n) is 5.47. The van der Waals surface area contributed by atoms with Crippen molar-refractivity contribution in [3.05, 3.63) is 68.2 Å². The van der Waals surface area contributed by atoms with E-state index < -0.39 is 39.3 Å². The Hall–Kier alpha value is -2.89. The predicted octanol–water partition coefficient (Wildman–Crippen LogP) is 4.25. The molecule has 2 aromatic rings. The molecule has 0 aliphatic rings. The molecule has 0 radical (unpaired) electrons. The summed E-state index contributed by atoms with van der Waals surface area (Å²) in [6.45, 7) is 5.11. The lowest BCUT2D eigenvalue weighted by molar-refractivity contribution is -0.384. The molecule has 0 aliphatic carbocycles. The van der Waals surface area contributed by atoms with Gasteiger partial charge >= 0.3 is 0 Å². The van der Waals surface area contributed by atoms with Crippen LogP contribution in [-0.2, 0) is 26.2 Å². The van der Waals surface area contributed by atoms with E-state index in [0.717, 1.165) is 16.6 Å². The summed E-state index contributed by atoms with van der Waals surface area (Å²) < 4.78 is 26.1. The summed E-state index contributed by atoms with van der Waals surface area (Å²) in [5.74, 6) is -0.952. The van der Waals surface area contributed by atoms with Crippen molar-refractivity contribution in [3.8, 4) is 0 Å². The number of nitro benzene ring substituents is 1. The Morgan fingerprint density at radius 1 is 1.11 bits per heavy atom. The van der Waals surface area contributed by atoms with Crippen LogP contribution in [0, 0.1) is 16.0 Å². The Kier molecular flexibility index (Phi) is 10.7. The molecular weight excluding hydrogens is 543 g/mol. The Morgan fingerprint density at radius 3 is 2.22 bits per heavy atom. The smallest absolute Gasteiger partial charge is 0.271 e. The molecule has 0 aromatic heterocycles. The first kappa shape index (κ1) is 30.3. The molecule has 2 amide bonds. The first-order valence-corrected chi connectivity index (χ1v) is 14.1. The number of rotatable bonds is 12. The fourth-order valence-electron chi connectivity index (χ4n) is 3.57. The van der Waals surface area contributed by atoms with Gasteiger partial charge in [-0.25, -0.2) is 8.42 Å². The maximum atomic E-state index is 13.7. The summed E-state index contributed by atoms with van der Waals surface area (Å²) in [7, 11) is -4.04. The van der Waals surface area contributed by atoms with Crippen molar-refractivity contribution in [1.29, 1.82) is 0 Å². The van der Waals surface area contributed by atoms with E-state index in [2.05, 4.69) is 5.32 Å². The van der Waals surface area contributed by atoms with Gasteiger partial charge in [0.2, 0.25) is 21.8 Å². The third-order valence-corrected chi connectivity index (χ3v) is 7.32. The van der Waals surface area contributed by atoms with Crippen LogP contribution in [0.25, 0.3) is 0 Å². The number of hydrogen-bond acceptors (Lipinski definition) is 6. The highest BCUT2D eigenvalue weighted by Gasteiger charge is 2.33. The average molecular weight is 573 g/mol. The molecule has 1 N–H and O–H groups in total. The fraction of sp³-hybridized carbons (Fsp3) is 0.417. The number of sulfonamides is 1. The van der Waals surface area contributed by atoms with Crippen molar-refractivity contribution in [3.63, 3.8) is 0 Å². The first-order valence-electron chi connectivity index (χ1n) is 11.5. The monoisotopic (exact) mass is 572 g/mol. The maximum absolute atomic E-state index is 13.7. The summed E-state index contributed by atoms with van der Waals surface area (Å²) in [6.07, 6.45) is 1.12. The van der Waals surface area contributed by atoms with Gasteiger partial charge in [0.1, 0.15) is 12.6 Å². The lowest BCUT2D eigenvalue weighted by Gasteiger charge is -2.33. The van der Waals surface area contributed by atoms with E-state index in [1.807, 2.05) is 13.8 Å². The standard InChI is InChI=1S/C24H30Cl2N4O6S/c1-5-22(24(32)27-13-16(2)3)28(14-19-20(25)10-7-11-21(19)26)23(31)15-29(37(4,35)36)17-8-6-9-18(12-17)30(33)34/h6-12,16,22H,5,13-15H2,1-4H3,(H,27,32)/t22-/m1/s1. The zero-order valence-electron chi connectivity index (χ0n) is 21.0. The van der Waals surface area contributed by atoms with Crippen LogP contribution >= 0.6 is 23.2 Å². The van der Waals surface area contributed by atoms with Gasteiger partial charge in [0.05, 0.1) is 16.9 Å². The quantitative estimate of drug-likeness (QED) is 0.299. The first-order chi connectivity index (χ1) is 17.3. The number of nitrogens with one attached hydrogen (secondary N) is 1. The number of non-ortho nitro benzene ring substituents is 1. The molecule has 1 atom stereocenters. The molecule has 2 rings (SSSR count). The lowest BCUT2D eigenvalue weighted by atomic mass is 10.1. The molecule has 0 saturated heterocycles. The van der Waals surface area contributed by atoms with Crippen molar-refractivity contribution < 1.29 is 22.9 Å². The molecule has 2 aromatic carbocycles. The molecule has 0 saturated carbocycles. The largest absolute Gasteiger partial charge is 0.354 e. The number of anilines is 1.